The van der Waals surface area contributed by atoms with Crippen molar-refractivity contribution in [3.63, 3.8) is 0 Å². The number of rotatable bonds is 3. The van der Waals surface area contributed by atoms with Crippen molar-refractivity contribution < 1.29 is 9.59 Å². The molecule has 2 aliphatic rings. The van der Waals surface area contributed by atoms with E-state index in [-0.39, 0.29) is 17.9 Å². The molecular formula is C19H24N2O2. The van der Waals surface area contributed by atoms with Crippen LogP contribution < -0.4 is 5.32 Å². The van der Waals surface area contributed by atoms with Gasteiger partial charge in [0.25, 0.3) is 5.91 Å². The van der Waals surface area contributed by atoms with Crippen molar-refractivity contribution in [2.24, 2.45) is 5.92 Å². The highest BCUT2D eigenvalue weighted by Gasteiger charge is 2.28. The summed E-state index contributed by atoms with van der Waals surface area (Å²) in [5.41, 5.74) is 0.694. The van der Waals surface area contributed by atoms with E-state index in [4.69, 9.17) is 0 Å². The van der Waals surface area contributed by atoms with Crippen LogP contribution in [0.3, 0.4) is 0 Å². The summed E-state index contributed by atoms with van der Waals surface area (Å²) < 4.78 is 0. The number of hydrogen-bond donors (Lipinski definition) is 1. The quantitative estimate of drug-likeness (QED) is 0.873. The van der Waals surface area contributed by atoms with E-state index >= 15 is 0 Å². The minimum atomic E-state index is -0.0206. The number of piperidine rings is 1. The van der Waals surface area contributed by atoms with Crippen LogP contribution in [0.2, 0.25) is 0 Å². The second-order valence-corrected chi connectivity index (χ2v) is 6.42. The first-order valence-corrected chi connectivity index (χ1v) is 8.54. The van der Waals surface area contributed by atoms with Gasteiger partial charge >= 0.3 is 0 Å². The largest absolute Gasteiger partial charge is 0.349 e. The highest BCUT2D eigenvalue weighted by molar-refractivity contribution is 5.94. The van der Waals surface area contributed by atoms with Gasteiger partial charge in [-0.3, -0.25) is 9.59 Å². The SMILES string of the molecule is O=C(NC1CCN(C(=O)C2CC=CCC2)CC1)c1ccccc1. The number of amides is 2. The third kappa shape index (κ3) is 4.01. The number of allylic oxidation sites excluding steroid dienone is 2. The lowest BCUT2D eigenvalue weighted by Gasteiger charge is -2.34. The van der Waals surface area contributed by atoms with Gasteiger partial charge in [0.2, 0.25) is 5.91 Å². The molecule has 2 amide bonds. The van der Waals surface area contributed by atoms with Crippen LogP contribution in [0.15, 0.2) is 42.5 Å². The molecule has 1 aliphatic heterocycles. The van der Waals surface area contributed by atoms with Crippen LogP contribution in [-0.2, 0) is 4.79 Å². The summed E-state index contributed by atoms with van der Waals surface area (Å²) in [5, 5.41) is 3.09. The lowest BCUT2D eigenvalue weighted by Crippen LogP contribution is -2.48. The van der Waals surface area contributed by atoms with Crippen molar-refractivity contribution in [1.29, 1.82) is 0 Å². The fourth-order valence-electron chi connectivity index (χ4n) is 3.38. The van der Waals surface area contributed by atoms with Gasteiger partial charge in [-0.25, -0.2) is 0 Å². The molecule has 0 bridgehead atoms. The zero-order chi connectivity index (χ0) is 16.1. The third-order valence-electron chi connectivity index (χ3n) is 4.80. The maximum absolute atomic E-state index is 12.5. The summed E-state index contributed by atoms with van der Waals surface area (Å²) in [6, 6.07) is 9.46. The average molecular weight is 312 g/mol. The van der Waals surface area contributed by atoms with E-state index in [0.717, 1.165) is 45.2 Å². The zero-order valence-corrected chi connectivity index (χ0v) is 13.4. The Kier molecular flexibility index (Phi) is 5.11. The van der Waals surface area contributed by atoms with Crippen LogP contribution >= 0.6 is 0 Å². The second kappa shape index (κ2) is 7.44. The number of likely N-dealkylation sites (tertiary alicyclic amines) is 1. The van der Waals surface area contributed by atoms with Crippen LogP contribution in [0.5, 0.6) is 0 Å². The van der Waals surface area contributed by atoms with Crippen LogP contribution in [-0.4, -0.2) is 35.8 Å². The van der Waals surface area contributed by atoms with Gasteiger partial charge in [0.05, 0.1) is 0 Å². The number of hydrogen-bond acceptors (Lipinski definition) is 2. The van der Waals surface area contributed by atoms with E-state index in [1.807, 2.05) is 35.2 Å². The zero-order valence-electron chi connectivity index (χ0n) is 13.4. The van der Waals surface area contributed by atoms with Crippen molar-refractivity contribution in [1.82, 2.24) is 10.2 Å². The minimum absolute atomic E-state index is 0.0206. The van der Waals surface area contributed by atoms with Gasteiger partial charge in [-0.1, -0.05) is 30.4 Å². The first kappa shape index (κ1) is 15.8. The van der Waals surface area contributed by atoms with Crippen LogP contribution in [0.4, 0.5) is 0 Å². The Balaban J connectivity index is 1.47. The van der Waals surface area contributed by atoms with E-state index in [0.29, 0.717) is 11.5 Å². The molecule has 1 aliphatic carbocycles. The summed E-state index contributed by atoms with van der Waals surface area (Å²) in [6.45, 7) is 1.50. The molecule has 1 saturated heterocycles. The van der Waals surface area contributed by atoms with Crippen molar-refractivity contribution in [2.75, 3.05) is 13.1 Å². The predicted octanol–water partition coefficient (Wildman–Crippen LogP) is 2.76. The van der Waals surface area contributed by atoms with E-state index in [1.165, 1.54) is 0 Å². The summed E-state index contributed by atoms with van der Waals surface area (Å²) in [4.78, 5) is 26.7. The summed E-state index contributed by atoms with van der Waals surface area (Å²) in [5.74, 6) is 0.436. The Morgan fingerprint density at radius 2 is 1.74 bits per heavy atom. The number of carbonyl (C=O) groups is 2. The van der Waals surface area contributed by atoms with E-state index in [9.17, 15) is 9.59 Å². The molecule has 1 aromatic rings. The molecule has 122 valence electrons. The number of benzene rings is 1. The number of nitrogens with one attached hydrogen (secondary N) is 1. The van der Waals surface area contributed by atoms with Gasteiger partial charge in [0, 0.05) is 30.6 Å². The molecule has 0 radical (unpaired) electrons. The molecule has 1 unspecified atom stereocenters. The number of nitrogens with zero attached hydrogens (tertiary/aromatic N) is 1. The Morgan fingerprint density at radius 1 is 1.00 bits per heavy atom. The molecule has 1 aromatic carbocycles. The van der Waals surface area contributed by atoms with E-state index in [2.05, 4.69) is 17.5 Å². The normalized spacial score (nSPS) is 21.9. The first-order valence-electron chi connectivity index (χ1n) is 8.54. The van der Waals surface area contributed by atoms with Crippen molar-refractivity contribution in [3.05, 3.63) is 48.0 Å². The van der Waals surface area contributed by atoms with Crippen LogP contribution in [0.25, 0.3) is 0 Å². The second-order valence-electron chi connectivity index (χ2n) is 6.42. The maximum Gasteiger partial charge on any atom is 0.251 e. The molecule has 4 nitrogen and oxygen atoms in total. The van der Waals surface area contributed by atoms with Gasteiger partial charge in [-0.2, -0.15) is 0 Å². The van der Waals surface area contributed by atoms with Gasteiger partial charge in [-0.15, -0.1) is 0 Å². The van der Waals surface area contributed by atoms with Crippen LogP contribution in [0, 0.1) is 5.92 Å². The standard InChI is InChI=1S/C19H24N2O2/c22-18(15-7-3-1-4-8-15)20-17-11-13-21(14-12-17)19(23)16-9-5-2-6-10-16/h1-5,7-8,16-17H,6,9-14H2,(H,20,22). The smallest absolute Gasteiger partial charge is 0.251 e. The van der Waals surface area contributed by atoms with Crippen molar-refractivity contribution in [3.8, 4) is 0 Å². The predicted molar refractivity (Wildman–Crippen MR) is 90.0 cm³/mol. The Labute approximate surface area is 137 Å². The van der Waals surface area contributed by atoms with Gasteiger partial charge < -0.3 is 10.2 Å². The molecule has 1 fully saturated rings. The Hall–Kier alpha value is -2.10. The minimum Gasteiger partial charge on any atom is -0.349 e. The summed E-state index contributed by atoms with van der Waals surface area (Å²) in [7, 11) is 0. The highest BCUT2D eigenvalue weighted by Crippen LogP contribution is 2.22. The third-order valence-corrected chi connectivity index (χ3v) is 4.80. The first-order chi connectivity index (χ1) is 11.2. The lowest BCUT2D eigenvalue weighted by atomic mass is 9.92. The monoisotopic (exact) mass is 312 g/mol. The molecule has 0 saturated carbocycles. The fourth-order valence-corrected chi connectivity index (χ4v) is 3.38. The van der Waals surface area contributed by atoms with Gasteiger partial charge in [0.15, 0.2) is 0 Å². The lowest BCUT2D eigenvalue weighted by molar-refractivity contribution is -0.136. The highest BCUT2D eigenvalue weighted by atomic mass is 16.2. The molecule has 0 spiro atoms. The van der Waals surface area contributed by atoms with Gasteiger partial charge in [-0.05, 0) is 44.2 Å². The molecule has 1 N–H and O–H groups in total. The van der Waals surface area contributed by atoms with Crippen molar-refractivity contribution >= 4 is 11.8 Å². The topological polar surface area (TPSA) is 49.4 Å². The maximum atomic E-state index is 12.5. The van der Waals surface area contributed by atoms with Crippen LogP contribution in [0.1, 0.15) is 42.5 Å². The van der Waals surface area contributed by atoms with Crippen molar-refractivity contribution in [2.45, 2.75) is 38.1 Å². The molecular weight excluding hydrogens is 288 g/mol. The molecule has 1 atom stereocenters. The molecule has 4 heteroatoms. The Morgan fingerprint density at radius 3 is 2.39 bits per heavy atom. The summed E-state index contributed by atoms with van der Waals surface area (Å²) in [6.07, 6.45) is 8.83. The average Bonchev–Trinajstić information content (AvgIpc) is 2.63. The summed E-state index contributed by atoms with van der Waals surface area (Å²) >= 11 is 0. The molecule has 1 heterocycles. The van der Waals surface area contributed by atoms with Gasteiger partial charge in [0.1, 0.15) is 0 Å². The molecule has 0 aromatic heterocycles. The van der Waals surface area contributed by atoms with E-state index in [1.54, 1.807) is 0 Å². The fraction of sp³-hybridized carbons (Fsp3) is 0.474. The van der Waals surface area contributed by atoms with E-state index < -0.39 is 0 Å². The molecule has 3 rings (SSSR count). The Bertz CT molecular complexity index is 574. The number of carbonyl (C=O) groups excluding carboxylic acids is 2. The molecule has 23 heavy (non-hydrogen) atoms.